The van der Waals surface area contributed by atoms with Crippen LogP contribution in [0, 0.1) is 0 Å². The Morgan fingerprint density at radius 3 is 1.09 bits per heavy atom. The van der Waals surface area contributed by atoms with E-state index < -0.39 is 0 Å². The van der Waals surface area contributed by atoms with Crippen molar-refractivity contribution in [1.29, 1.82) is 0 Å². The number of rotatable bonds is 29. The van der Waals surface area contributed by atoms with Crippen molar-refractivity contribution in [2.24, 2.45) is 0 Å². The van der Waals surface area contributed by atoms with Gasteiger partial charge < -0.3 is 4.74 Å². The van der Waals surface area contributed by atoms with Crippen LogP contribution in [-0.2, 0) is 9.53 Å². The standard InChI is InChI=1S/C33H64O2/c1-4-6-8-10-12-14-16-17-18-19-20-21-22-24-26-28-30-32(3)33(34)35-31-29-27-25-23-15-13-11-9-7-5-2/h3-31H2,1-2H3. The third-order valence-electron chi connectivity index (χ3n) is 7.35. The van der Waals surface area contributed by atoms with Gasteiger partial charge in [-0.15, -0.1) is 0 Å². The molecule has 0 aromatic rings. The average molecular weight is 493 g/mol. The van der Waals surface area contributed by atoms with Gasteiger partial charge in [-0.3, -0.25) is 0 Å². The second-order valence-electron chi connectivity index (χ2n) is 11.0. The molecule has 0 aromatic carbocycles. The van der Waals surface area contributed by atoms with Crippen molar-refractivity contribution in [2.75, 3.05) is 6.61 Å². The average Bonchev–Trinajstić information content (AvgIpc) is 2.86. The number of carbonyl (C=O) groups is 1. The molecule has 35 heavy (non-hydrogen) atoms. The molecule has 2 nitrogen and oxygen atoms in total. The molecule has 0 heterocycles. The number of esters is 1. The Balaban J connectivity index is 3.28. The van der Waals surface area contributed by atoms with E-state index in [1.807, 2.05) is 0 Å². The number of carbonyl (C=O) groups excluding carboxylic acids is 1. The van der Waals surface area contributed by atoms with Crippen molar-refractivity contribution >= 4 is 5.97 Å². The summed E-state index contributed by atoms with van der Waals surface area (Å²) in [6, 6.07) is 0. The Morgan fingerprint density at radius 1 is 0.457 bits per heavy atom. The number of ether oxygens (including phenoxy) is 1. The van der Waals surface area contributed by atoms with Crippen LogP contribution in [0.3, 0.4) is 0 Å². The van der Waals surface area contributed by atoms with Crippen molar-refractivity contribution in [2.45, 2.75) is 187 Å². The second kappa shape index (κ2) is 29.4. The lowest BCUT2D eigenvalue weighted by molar-refractivity contribution is -0.139. The molecular weight excluding hydrogens is 428 g/mol. The van der Waals surface area contributed by atoms with Gasteiger partial charge in [0.05, 0.1) is 6.61 Å². The van der Waals surface area contributed by atoms with Gasteiger partial charge in [0.15, 0.2) is 0 Å². The third kappa shape index (κ3) is 27.6. The lowest BCUT2D eigenvalue weighted by Crippen LogP contribution is -2.08. The number of hydrogen-bond donors (Lipinski definition) is 0. The zero-order valence-electron chi connectivity index (χ0n) is 24.3. The maximum atomic E-state index is 12.1. The van der Waals surface area contributed by atoms with Crippen molar-refractivity contribution in [3.8, 4) is 0 Å². The Morgan fingerprint density at radius 2 is 0.743 bits per heavy atom. The van der Waals surface area contributed by atoms with Crippen LogP contribution in [-0.4, -0.2) is 12.6 Å². The van der Waals surface area contributed by atoms with Crippen LogP contribution in [0.5, 0.6) is 0 Å². The van der Waals surface area contributed by atoms with Gasteiger partial charge in [-0.1, -0.05) is 175 Å². The summed E-state index contributed by atoms with van der Waals surface area (Å²) in [7, 11) is 0. The van der Waals surface area contributed by atoms with E-state index in [-0.39, 0.29) is 5.97 Å². The van der Waals surface area contributed by atoms with Gasteiger partial charge in [0.2, 0.25) is 0 Å². The molecule has 0 aliphatic carbocycles. The highest BCUT2D eigenvalue weighted by Crippen LogP contribution is 2.16. The molecule has 0 aromatic heterocycles. The molecule has 0 amide bonds. The quantitative estimate of drug-likeness (QED) is 0.0589. The molecule has 0 unspecified atom stereocenters. The molecule has 0 atom stereocenters. The van der Waals surface area contributed by atoms with Crippen molar-refractivity contribution in [3.63, 3.8) is 0 Å². The van der Waals surface area contributed by atoms with E-state index in [4.69, 9.17) is 4.74 Å². The van der Waals surface area contributed by atoms with E-state index in [0.717, 1.165) is 19.3 Å². The summed E-state index contributed by atoms with van der Waals surface area (Å²) in [6.07, 6.45) is 35.8. The van der Waals surface area contributed by atoms with E-state index in [0.29, 0.717) is 12.2 Å². The summed E-state index contributed by atoms with van der Waals surface area (Å²) in [5, 5.41) is 0. The van der Waals surface area contributed by atoms with Gasteiger partial charge in [-0.25, -0.2) is 4.79 Å². The van der Waals surface area contributed by atoms with E-state index in [1.165, 1.54) is 154 Å². The van der Waals surface area contributed by atoms with E-state index >= 15 is 0 Å². The SMILES string of the molecule is C=C(CCCCCCCCCCCCCCCCCC)C(=O)OCCCCCCCCCCCC. The number of hydrogen-bond acceptors (Lipinski definition) is 2. The Bertz CT molecular complexity index is 442. The summed E-state index contributed by atoms with van der Waals surface area (Å²) in [5.74, 6) is -0.165. The fourth-order valence-corrected chi connectivity index (χ4v) is 4.84. The summed E-state index contributed by atoms with van der Waals surface area (Å²) in [6.45, 7) is 9.08. The lowest BCUT2D eigenvalue weighted by atomic mass is 10.0. The summed E-state index contributed by atoms with van der Waals surface area (Å²) < 4.78 is 5.42. The molecule has 0 aliphatic rings. The molecule has 0 saturated heterocycles. The van der Waals surface area contributed by atoms with E-state index in [2.05, 4.69) is 20.4 Å². The molecule has 0 spiro atoms. The van der Waals surface area contributed by atoms with Gasteiger partial charge >= 0.3 is 5.97 Å². The normalized spacial score (nSPS) is 11.1. The molecule has 0 rings (SSSR count). The topological polar surface area (TPSA) is 26.3 Å². The first-order chi connectivity index (χ1) is 17.2. The fraction of sp³-hybridized carbons (Fsp3) is 0.909. The number of unbranched alkanes of at least 4 members (excludes halogenated alkanes) is 24. The highest BCUT2D eigenvalue weighted by atomic mass is 16.5. The monoisotopic (exact) mass is 492 g/mol. The highest BCUT2D eigenvalue weighted by Gasteiger charge is 2.08. The summed E-state index contributed by atoms with van der Waals surface area (Å²) in [4.78, 5) is 12.1. The predicted molar refractivity (Wildman–Crippen MR) is 156 cm³/mol. The van der Waals surface area contributed by atoms with Gasteiger partial charge in [-0.2, -0.15) is 0 Å². The molecular formula is C33H64O2. The minimum absolute atomic E-state index is 0.165. The smallest absolute Gasteiger partial charge is 0.333 e. The van der Waals surface area contributed by atoms with Crippen molar-refractivity contribution in [1.82, 2.24) is 0 Å². The maximum Gasteiger partial charge on any atom is 0.333 e. The largest absolute Gasteiger partial charge is 0.462 e. The second-order valence-corrected chi connectivity index (χ2v) is 11.0. The van der Waals surface area contributed by atoms with E-state index in [9.17, 15) is 4.79 Å². The lowest BCUT2D eigenvalue weighted by Gasteiger charge is -2.07. The molecule has 0 radical (unpaired) electrons. The van der Waals surface area contributed by atoms with Crippen LogP contribution >= 0.6 is 0 Å². The Kier molecular flexibility index (Phi) is 28.8. The summed E-state index contributed by atoms with van der Waals surface area (Å²) >= 11 is 0. The predicted octanol–water partition coefficient (Wildman–Crippen LogP) is 11.7. The van der Waals surface area contributed by atoms with Gasteiger partial charge in [-0.05, 0) is 19.3 Å². The van der Waals surface area contributed by atoms with E-state index in [1.54, 1.807) is 0 Å². The van der Waals surface area contributed by atoms with Crippen LogP contribution in [0.15, 0.2) is 12.2 Å². The van der Waals surface area contributed by atoms with Gasteiger partial charge in [0.1, 0.15) is 0 Å². The zero-order valence-corrected chi connectivity index (χ0v) is 24.3. The van der Waals surface area contributed by atoms with Crippen LogP contribution in [0.25, 0.3) is 0 Å². The molecule has 2 heteroatoms. The van der Waals surface area contributed by atoms with Gasteiger partial charge in [0.25, 0.3) is 0 Å². The molecule has 208 valence electrons. The first-order valence-electron chi connectivity index (χ1n) is 16.1. The Hall–Kier alpha value is -0.790. The first kappa shape index (κ1) is 34.2. The molecule has 0 saturated carbocycles. The Labute approximate surface area is 221 Å². The minimum Gasteiger partial charge on any atom is -0.462 e. The molecule has 0 fully saturated rings. The molecule has 0 aliphatic heterocycles. The fourth-order valence-electron chi connectivity index (χ4n) is 4.84. The van der Waals surface area contributed by atoms with Gasteiger partial charge in [0, 0.05) is 5.57 Å². The minimum atomic E-state index is -0.165. The summed E-state index contributed by atoms with van der Waals surface area (Å²) in [5.41, 5.74) is 0.669. The molecule has 0 bridgehead atoms. The first-order valence-corrected chi connectivity index (χ1v) is 16.1. The van der Waals surface area contributed by atoms with Crippen LogP contribution in [0.2, 0.25) is 0 Å². The highest BCUT2D eigenvalue weighted by molar-refractivity contribution is 5.87. The third-order valence-corrected chi connectivity index (χ3v) is 7.35. The van der Waals surface area contributed by atoms with Crippen LogP contribution in [0.1, 0.15) is 187 Å². The molecule has 0 N–H and O–H groups in total. The van der Waals surface area contributed by atoms with Crippen molar-refractivity contribution < 1.29 is 9.53 Å². The maximum absolute atomic E-state index is 12.1. The van der Waals surface area contributed by atoms with Crippen LogP contribution in [0.4, 0.5) is 0 Å². The van der Waals surface area contributed by atoms with Crippen LogP contribution < -0.4 is 0 Å². The van der Waals surface area contributed by atoms with Crippen molar-refractivity contribution in [3.05, 3.63) is 12.2 Å². The zero-order chi connectivity index (χ0) is 25.7.